The SMILES string of the molecule is COC(=O)CCNC(=O)Cc1cccs1. The summed E-state index contributed by atoms with van der Waals surface area (Å²) in [5.41, 5.74) is 0. The van der Waals surface area contributed by atoms with Crippen molar-refractivity contribution in [3.05, 3.63) is 22.4 Å². The van der Waals surface area contributed by atoms with Gasteiger partial charge in [0, 0.05) is 11.4 Å². The summed E-state index contributed by atoms with van der Waals surface area (Å²) in [7, 11) is 1.33. The first kappa shape index (κ1) is 11.7. The fraction of sp³-hybridized carbons (Fsp3) is 0.400. The average Bonchev–Trinajstić information content (AvgIpc) is 2.70. The summed E-state index contributed by atoms with van der Waals surface area (Å²) in [5.74, 6) is -0.382. The molecule has 0 radical (unpaired) electrons. The quantitative estimate of drug-likeness (QED) is 0.763. The van der Waals surface area contributed by atoms with Crippen LogP contribution in [0.2, 0.25) is 0 Å². The van der Waals surface area contributed by atoms with E-state index in [9.17, 15) is 9.59 Å². The van der Waals surface area contributed by atoms with Crippen molar-refractivity contribution in [1.29, 1.82) is 0 Å². The second-order valence-corrected chi connectivity index (χ2v) is 3.96. The molecule has 0 saturated carbocycles. The summed E-state index contributed by atoms with van der Waals surface area (Å²) in [6.45, 7) is 0.330. The molecule has 1 heterocycles. The number of hydrogen-bond acceptors (Lipinski definition) is 4. The molecular formula is C10H13NO3S. The summed E-state index contributed by atoms with van der Waals surface area (Å²) in [6.07, 6.45) is 0.589. The molecular weight excluding hydrogens is 214 g/mol. The van der Waals surface area contributed by atoms with Crippen LogP contribution in [0.1, 0.15) is 11.3 Å². The third-order valence-corrected chi connectivity index (χ3v) is 2.67. The fourth-order valence-electron chi connectivity index (χ4n) is 1.04. The van der Waals surface area contributed by atoms with Gasteiger partial charge in [0.05, 0.1) is 20.0 Å². The lowest BCUT2D eigenvalue weighted by Crippen LogP contribution is -2.27. The minimum Gasteiger partial charge on any atom is -0.469 e. The van der Waals surface area contributed by atoms with Crippen molar-refractivity contribution >= 4 is 23.2 Å². The van der Waals surface area contributed by atoms with Crippen LogP contribution in [0, 0.1) is 0 Å². The Balaban J connectivity index is 2.17. The largest absolute Gasteiger partial charge is 0.469 e. The van der Waals surface area contributed by atoms with Crippen molar-refractivity contribution in [3.63, 3.8) is 0 Å². The Morgan fingerprint density at radius 1 is 1.53 bits per heavy atom. The Labute approximate surface area is 92.2 Å². The van der Waals surface area contributed by atoms with E-state index < -0.39 is 0 Å². The Bertz CT molecular complexity index is 321. The smallest absolute Gasteiger partial charge is 0.307 e. The Morgan fingerprint density at radius 3 is 2.93 bits per heavy atom. The van der Waals surface area contributed by atoms with Crippen LogP contribution in [0.3, 0.4) is 0 Å². The lowest BCUT2D eigenvalue weighted by Gasteiger charge is -2.02. The molecule has 1 aromatic heterocycles. The van der Waals surface area contributed by atoms with E-state index in [1.54, 1.807) is 11.3 Å². The van der Waals surface area contributed by atoms with Crippen LogP contribution in [-0.2, 0) is 20.7 Å². The minimum absolute atomic E-state index is 0.0682. The van der Waals surface area contributed by atoms with Crippen LogP contribution in [0.4, 0.5) is 0 Å². The highest BCUT2D eigenvalue weighted by Crippen LogP contribution is 2.08. The molecule has 0 fully saturated rings. The Morgan fingerprint density at radius 2 is 2.33 bits per heavy atom. The van der Waals surface area contributed by atoms with E-state index in [4.69, 9.17) is 0 Å². The zero-order valence-electron chi connectivity index (χ0n) is 8.49. The molecule has 82 valence electrons. The molecule has 0 atom stereocenters. The molecule has 5 heteroatoms. The molecule has 0 spiro atoms. The van der Waals surface area contributed by atoms with Crippen LogP contribution in [0.5, 0.6) is 0 Å². The number of nitrogens with one attached hydrogen (secondary N) is 1. The maximum atomic E-state index is 11.3. The maximum absolute atomic E-state index is 11.3. The minimum atomic E-state index is -0.313. The van der Waals surface area contributed by atoms with E-state index in [-0.39, 0.29) is 18.3 Å². The second-order valence-electron chi connectivity index (χ2n) is 2.93. The molecule has 0 bridgehead atoms. The van der Waals surface area contributed by atoms with Gasteiger partial charge in [-0.1, -0.05) is 6.07 Å². The number of hydrogen-bond donors (Lipinski definition) is 1. The molecule has 0 saturated heterocycles. The highest BCUT2D eigenvalue weighted by Gasteiger charge is 2.05. The van der Waals surface area contributed by atoms with Crippen LogP contribution in [0.25, 0.3) is 0 Å². The first-order valence-corrected chi connectivity index (χ1v) is 5.46. The summed E-state index contributed by atoms with van der Waals surface area (Å²) < 4.78 is 4.45. The monoisotopic (exact) mass is 227 g/mol. The molecule has 4 nitrogen and oxygen atoms in total. The van der Waals surface area contributed by atoms with Crippen molar-refractivity contribution in [2.45, 2.75) is 12.8 Å². The molecule has 1 amide bonds. The fourth-order valence-corrected chi connectivity index (χ4v) is 1.74. The number of thiophene rings is 1. The normalized spacial score (nSPS) is 9.67. The average molecular weight is 227 g/mol. The summed E-state index contributed by atoms with van der Waals surface area (Å²) in [6, 6.07) is 3.81. The standard InChI is InChI=1S/C10H13NO3S/c1-14-10(13)4-5-11-9(12)7-8-3-2-6-15-8/h2-3,6H,4-5,7H2,1H3,(H,11,12). The maximum Gasteiger partial charge on any atom is 0.307 e. The van der Waals surface area contributed by atoms with Crippen LogP contribution in [0.15, 0.2) is 17.5 Å². The van der Waals surface area contributed by atoms with Crippen LogP contribution < -0.4 is 5.32 Å². The second kappa shape index (κ2) is 6.19. The van der Waals surface area contributed by atoms with Gasteiger partial charge in [0.1, 0.15) is 0 Å². The van der Waals surface area contributed by atoms with Crippen molar-refractivity contribution in [1.82, 2.24) is 5.32 Å². The van der Waals surface area contributed by atoms with E-state index in [1.165, 1.54) is 7.11 Å². The molecule has 1 rings (SSSR count). The van der Waals surface area contributed by atoms with Gasteiger partial charge in [-0.25, -0.2) is 0 Å². The molecule has 0 aliphatic heterocycles. The first-order chi connectivity index (χ1) is 7.22. The van der Waals surface area contributed by atoms with Crippen molar-refractivity contribution in [3.8, 4) is 0 Å². The van der Waals surface area contributed by atoms with Gasteiger partial charge in [-0.2, -0.15) is 0 Å². The molecule has 0 unspecified atom stereocenters. The number of ether oxygens (including phenoxy) is 1. The Kier molecular flexibility index (Phi) is 4.83. The van der Waals surface area contributed by atoms with Gasteiger partial charge >= 0.3 is 5.97 Å². The number of esters is 1. The Hall–Kier alpha value is -1.36. The first-order valence-electron chi connectivity index (χ1n) is 4.58. The van der Waals surface area contributed by atoms with Crippen LogP contribution in [-0.4, -0.2) is 25.5 Å². The summed E-state index contributed by atoms with van der Waals surface area (Å²) in [4.78, 5) is 23.1. The predicted molar refractivity (Wildman–Crippen MR) is 57.7 cm³/mol. The van der Waals surface area contributed by atoms with Gasteiger partial charge in [0.2, 0.25) is 5.91 Å². The number of methoxy groups -OCH3 is 1. The summed E-state index contributed by atoms with van der Waals surface area (Å²) in [5, 5.41) is 4.58. The van der Waals surface area contributed by atoms with Crippen LogP contribution >= 0.6 is 11.3 Å². The van der Waals surface area contributed by atoms with Crippen molar-refractivity contribution in [2.75, 3.05) is 13.7 Å². The van der Waals surface area contributed by atoms with E-state index in [0.717, 1.165) is 4.88 Å². The molecule has 0 aliphatic carbocycles. The molecule has 1 aromatic rings. The molecule has 0 aliphatic rings. The number of carbonyl (C=O) groups is 2. The zero-order chi connectivity index (χ0) is 11.1. The number of carbonyl (C=O) groups excluding carboxylic acids is 2. The third-order valence-electron chi connectivity index (χ3n) is 1.79. The van der Waals surface area contributed by atoms with E-state index in [1.807, 2.05) is 17.5 Å². The van der Waals surface area contributed by atoms with Gasteiger partial charge in [-0.15, -0.1) is 11.3 Å². The van der Waals surface area contributed by atoms with Gasteiger partial charge in [-0.3, -0.25) is 9.59 Å². The topological polar surface area (TPSA) is 55.4 Å². The molecule has 15 heavy (non-hydrogen) atoms. The lowest BCUT2D eigenvalue weighted by molar-refractivity contribution is -0.140. The predicted octanol–water partition coefficient (Wildman–Crippen LogP) is 0.970. The van der Waals surface area contributed by atoms with Gasteiger partial charge in [0.15, 0.2) is 0 Å². The van der Waals surface area contributed by atoms with Gasteiger partial charge in [-0.05, 0) is 11.4 Å². The highest BCUT2D eigenvalue weighted by atomic mass is 32.1. The third kappa shape index (κ3) is 4.60. The van der Waals surface area contributed by atoms with Gasteiger partial charge in [0.25, 0.3) is 0 Å². The van der Waals surface area contributed by atoms with E-state index >= 15 is 0 Å². The van der Waals surface area contributed by atoms with Crippen molar-refractivity contribution in [2.24, 2.45) is 0 Å². The molecule has 1 N–H and O–H groups in total. The zero-order valence-corrected chi connectivity index (χ0v) is 9.30. The van der Waals surface area contributed by atoms with Crippen molar-refractivity contribution < 1.29 is 14.3 Å². The highest BCUT2D eigenvalue weighted by molar-refractivity contribution is 7.10. The molecule has 0 aromatic carbocycles. The van der Waals surface area contributed by atoms with Gasteiger partial charge < -0.3 is 10.1 Å². The number of rotatable bonds is 5. The lowest BCUT2D eigenvalue weighted by atomic mass is 10.3. The summed E-state index contributed by atoms with van der Waals surface area (Å²) >= 11 is 1.54. The van der Waals surface area contributed by atoms with E-state index in [0.29, 0.717) is 13.0 Å². The van der Waals surface area contributed by atoms with E-state index in [2.05, 4.69) is 10.1 Å². The number of amides is 1.